The van der Waals surface area contributed by atoms with Gasteiger partial charge < -0.3 is 10.2 Å². The summed E-state index contributed by atoms with van der Waals surface area (Å²) in [6.07, 6.45) is -0.246. The highest BCUT2D eigenvalue weighted by molar-refractivity contribution is 9.10. The average molecular weight is 256 g/mol. The second kappa shape index (κ2) is 4.11. The van der Waals surface area contributed by atoms with Crippen molar-refractivity contribution < 1.29 is 15.0 Å². The van der Waals surface area contributed by atoms with Gasteiger partial charge in [0.1, 0.15) is 5.75 Å². The molecule has 1 aromatic carbocycles. The van der Waals surface area contributed by atoms with Gasteiger partial charge in [0.05, 0.1) is 18.1 Å². The Balaban J connectivity index is 3.27. The number of hydrogen-bond donors (Lipinski definition) is 2. The van der Waals surface area contributed by atoms with E-state index in [1.807, 2.05) is 6.07 Å². The van der Waals surface area contributed by atoms with Gasteiger partial charge in [0.2, 0.25) is 0 Å². The summed E-state index contributed by atoms with van der Waals surface area (Å²) in [6, 6.07) is 4.43. The van der Waals surface area contributed by atoms with Crippen LogP contribution in [0.25, 0.3) is 0 Å². The van der Waals surface area contributed by atoms with E-state index in [1.54, 1.807) is 0 Å². The molecule has 2 N–H and O–H groups in total. The molecule has 0 aliphatic heterocycles. The topological polar surface area (TPSA) is 81.3 Å². The summed E-state index contributed by atoms with van der Waals surface area (Å²) in [5, 5.41) is 26.4. The predicted molar refractivity (Wildman–Crippen MR) is 51.9 cm³/mol. The van der Waals surface area contributed by atoms with Crippen molar-refractivity contribution in [3.8, 4) is 11.8 Å². The Morgan fingerprint density at radius 2 is 2.21 bits per heavy atom. The Morgan fingerprint density at radius 3 is 2.71 bits per heavy atom. The Hall–Kier alpha value is -1.54. The first kappa shape index (κ1) is 10.5. The second-order valence-electron chi connectivity index (χ2n) is 2.64. The molecule has 0 amide bonds. The van der Waals surface area contributed by atoms with Crippen molar-refractivity contribution in [3.63, 3.8) is 0 Å². The molecule has 0 saturated carbocycles. The molecule has 0 saturated heterocycles. The molecule has 0 aromatic heterocycles. The number of halogens is 1. The quantitative estimate of drug-likeness (QED) is 0.842. The molecular formula is C9H6BrNO3. The zero-order chi connectivity index (χ0) is 10.7. The number of hydrogen-bond acceptors (Lipinski definition) is 3. The molecular weight excluding hydrogens is 250 g/mol. The fourth-order valence-electron chi connectivity index (χ4n) is 1.05. The Bertz CT molecular complexity index is 423. The molecule has 0 aliphatic rings. The van der Waals surface area contributed by atoms with Crippen LogP contribution in [0.4, 0.5) is 0 Å². The van der Waals surface area contributed by atoms with Crippen LogP contribution >= 0.6 is 15.9 Å². The van der Waals surface area contributed by atoms with Crippen molar-refractivity contribution in [1.82, 2.24) is 0 Å². The summed E-state index contributed by atoms with van der Waals surface area (Å²) in [5.41, 5.74) is 0.539. The lowest BCUT2D eigenvalue weighted by Crippen LogP contribution is -2.03. The minimum Gasteiger partial charge on any atom is -0.508 e. The van der Waals surface area contributed by atoms with Crippen LogP contribution in [-0.4, -0.2) is 16.2 Å². The van der Waals surface area contributed by atoms with Crippen molar-refractivity contribution in [3.05, 3.63) is 27.7 Å². The third-order valence-corrected chi connectivity index (χ3v) is 2.34. The van der Waals surface area contributed by atoms with Gasteiger partial charge in [-0.1, -0.05) is 15.9 Å². The molecule has 5 heteroatoms. The number of phenols is 1. The van der Waals surface area contributed by atoms with Gasteiger partial charge in [0.25, 0.3) is 0 Å². The fraction of sp³-hybridized carbons (Fsp3) is 0.111. The molecule has 0 spiro atoms. The van der Waals surface area contributed by atoms with Crippen LogP contribution in [0.3, 0.4) is 0 Å². The number of nitrogens with zero attached hydrogens (tertiary/aromatic N) is 1. The number of rotatable bonds is 2. The van der Waals surface area contributed by atoms with Crippen molar-refractivity contribution in [2.75, 3.05) is 0 Å². The van der Waals surface area contributed by atoms with Crippen molar-refractivity contribution in [2.24, 2.45) is 0 Å². The van der Waals surface area contributed by atoms with Gasteiger partial charge in [-0.3, -0.25) is 4.79 Å². The lowest BCUT2D eigenvalue weighted by Gasteiger charge is -2.04. The Morgan fingerprint density at radius 1 is 1.57 bits per heavy atom. The Kier molecular flexibility index (Phi) is 3.10. The summed E-state index contributed by atoms with van der Waals surface area (Å²) in [7, 11) is 0. The highest BCUT2D eigenvalue weighted by Crippen LogP contribution is 2.26. The number of benzene rings is 1. The summed E-state index contributed by atoms with van der Waals surface area (Å²) < 4.78 is 0.427. The van der Waals surface area contributed by atoms with Gasteiger partial charge in [-0.15, -0.1) is 0 Å². The summed E-state index contributed by atoms with van der Waals surface area (Å²) >= 11 is 3.09. The molecule has 14 heavy (non-hydrogen) atoms. The van der Waals surface area contributed by atoms with E-state index in [0.717, 1.165) is 0 Å². The van der Waals surface area contributed by atoms with E-state index in [2.05, 4.69) is 15.9 Å². The van der Waals surface area contributed by atoms with E-state index in [9.17, 15) is 4.79 Å². The van der Waals surface area contributed by atoms with Gasteiger partial charge in [0.15, 0.2) is 0 Å². The molecule has 0 fully saturated rings. The van der Waals surface area contributed by atoms with E-state index in [4.69, 9.17) is 15.5 Å². The minimum absolute atomic E-state index is 0.0671. The lowest BCUT2D eigenvalue weighted by molar-refractivity contribution is -0.136. The van der Waals surface area contributed by atoms with E-state index in [-0.39, 0.29) is 17.7 Å². The monoisotopic (exact) mass is 255 g/mol. The van der Waals surface area contributed by atoms with Crippen LogP contribution in [0.5, 0.6) is 5.75 Å². The number of aliphatic carboxylic acids is 1. The van der Waals surface area contributed by atoms with Crippen LogP contribution in [-0.2, 0) is 11.2 Å². The Labute approximate surface area is 88.5 Å². The van der Waals surface area contributed by atoms with Crippen LogP contribution in [0.2, 0.25) is 0 Å². The van der Waals surface area contributed by atoms with Crippen molar-refractivity contribution in [1.29, 1.82) is 5.26 Å². The third kappa shape index (κ3) is 2.24. The number of aromatic hydroxyl groups is 1. The molecule has 1 rings (SSSR count). The minimum atomic E-state index is -1.02. The molecule has 0 unspecified atom stereocenters. The molecule has 0 bridgehead atoms. The van der Waals surface area contributed by atoms with Crippen molar-refractivity contribution in [2.45, 2.75) is 6.42 Å². The van der Waals surface area contributed by atoms with E-state index >= 15 is 0 Å². The normalized spacial score (nSPS) is 9.43. The number of carboxylic acid groups (broad SMARTS) is 1. The summed E-state index contributed by atoms with van der Waals surface area (Å²) in [4.78, 5) is 10.5. The highest BCUT2D eigenvalue weighted by Gasteiger charge is 2.12. The van der Waals surface area contributed by atoms with Gasteiger partial charge in [-0.05, 0) is 17.7 Å². The second-order valence-corrected chi connectivity index (χ2v) is 3.49. The third-order valence-electron chi connectivity index (χ3n) is 1.63. The number of nitriles is 1. The zero-order valence-electron chi connectivity index (χ0n) is 6.99. The van der Waals surface area contributed by atoms with Gasteiger partial charge in [0, 0.05) is 4.47 Å². The molecule has 4 nitrogen and oxygen atoms in total. The summed E-state index contributed by atoms with van der Waals surface area (Å²) in [5.74, 6) is -1.09. The average Bonchev–Trinajstić information content (AvgIpc) is 2.08. The van der Waals surface area contributed by atoms with E-state index in [1.165, 1.54) is 12.1 Å². The van der Waals surface area contributed by atoms with Crippen LogP contribution < -0.4 is 0 Å². The first-order valence-corrected chi connectivity index (χ1v) is 4.47. The van der Waals surface area contributed by atoms with Crippen LogP contribution in [0.15, 0.2) is 16.6 Å². The first-order chi connectivity index (χ1) is 6.54. The lowest BCUT2D eigenvalue weighted by atomic mass is 10.1. The predicted octanol–water partition coefficient (Wildman–Crippen LogP) is 1.65. The number of carbonyl (C=O) groups is 1. The smallest absolute Gasteiger partial charge is 0.307 e. The maximum atomic E-state index is 10.5. The molecule has 0 heterocycles. The van der Waals surface area contributed by atoms with Crippen LogP contribution in [0, 0.1) is 11.3 Å². The van der Waals surface area contributed by atoms with Gasteiger partial charge in [-0.25, -0.2) is 0 Å². The van der Waals surface area contributed by atoms with Gasteiger partial charge in [-0.2, -0.15) is 5.26 Å². The number of carboxylic acids is 1. The maximum Gasteiger partial charge on any atom is 0.307 e. The molecule has 0 atom stereocenters. The van der Waals surface area contributed by atoms with Crippen molar-refractivity contribution >= 4 is 21.9 Å². The molecule has 0 radical (unpaired) electrons. The fourth-order valence-corrected chi connectivity index (χ4v) is 1.64. The largest absolute Gasteiger partial charge is 0.508 e. The van der Waals surface area contributed by atoms with Gasteiger partial charge >= 0.3 is 5.97 Å². The summed E-state index contributed by atoms with van der Waals surface area (Å²) in [6.45, 7) is 0. The van der Waals surface area contributed by atoms with E-state index < -0.39 is 5.97 Å². The molecule has 1 aromatic rings. The van der Waals surface area contributed by atoms with Crippen LogP contribution in [0.1, 0.15) is 11.1 Å². The SMILES string of the molecule is N#Cc1cc(O)cc(Br)c1CC(=O)O. The maximum absolute atomic E-state index is 10.5. The van der Waals surface area contributed by atoms with E-state index in [0.29, 0.717) is 10.0 Å². The standard InChI is InChI=1S/C9H6BrNO3/c10-8-2-6(12)1-5(4-11)7(8)3-9(13)14/h1-2,12H,3H2,(H,13,14). The first-order valence-electron chi connectivity index (χ1n) is 3.68. The number of phenolic OH excluding ortho intramolecular Hbond substituents is 1. The zero-order valence-corrected chi connectivity index (χ0v) is 8.58. The molecule has 0 aliphatic carbocycles. The molecule has 72 valence electrons. The highest BCUT2D eigenvalue weighted by atomic mass is 79.9.